The zero-order valence-electron chi connectivity index (χ0n) is 16.5. The van der Waals surface area contributed by atoms with Crippen LogP contribution in [0.1, 0.15) is 16.1 Å². The number of carbonyl (C=O) groups is 1. The molecule has 6 nitrogen and oxygen atoms in total. The number of carbonyl (C=O) groups excluding carboxylic acids is 1. The van der Waals surface area contributed by atoms with Gasteiger partial charge in [-0.05, 0) is 24.6 Å². The number of fused-ring (bicyclic) bond motifs is 3. The summed E-state index contributed by atoms with van der Waals surface area (Å²) in [6, 6.07) is 19.9. The molecule has 3 aromatic heterocycles. The molecule has 5 rings (SSSR count). The highest BCUT2D eigenvalue weighted by molar-refractivity contribution is 7.25. The monoisotopic (exact) mass is 427 g/mol. The molecule has 0 radical (unpaired) electrons. The smallest absolute Gasteiger partial charge is 0.258 e. The number of hydrogen-bond acceptors (Lipinski definition) is 5. The number of nitrogens with zero attached hydrogens (tertiary/aromatic N) is 1. The molecule has 7 heteroatoms. The van der Waals surface area contributed by atoms with Crippen molar-refractivity contribution in [3.63, 3.8) is 0 Å². The van der Waals surface area contributed by atoms with Crippen LogP contribution in [0.2, 0.25) is 0 Å². The lowest BCUT2D eigenvalue weighted by Crippen LogP contribution is -2.16. The summed E-state index contributed by atoms with van der Waals surface area (Å²) in [5, 5.41) is 13.9. The Bertz CT molecular complexity index is 1510. The average Bonchev–Trinajstić information content (AvgIpc) is 3.12. The zero-order chi connectivity index (χ0) is 21.5. The van der Waals surface area contributed by atoms with Gasteiger partial charge in [-0.15, -0.1) is 11.3 Å². The lowest BCUT2D eigenvalue weighted by molar-refractivity contribution is 0.102. The van der Waals surface area contributed by atoms with E-state index >= 15 is 0 Å². The summed E-state index contributed by atoms with van der Waals surface area (Å²) in [6.45, 7) is 1.79. The molecule has 0 spiro atoms. The van der Waals surface area contributed by atoms with E-state index in [0.29, 0.717) is 42.9 Å². The molecule has 0 fully saturated rings. The molecular formula is C24H17N3O3S. The van der Waals surface area contributed by atoms with Crippen molar-refractivity contribution in [3.05, 3.63) is 88.3 Å². The number of aromatic amines is 1. The van der Waals surface area contributed by atoms with Gasteiger partial charge in [0.1, 0.15) is 10.6 Å². The number of para-hydroxylation sites is 1. The first-order valence-electron chi connectivity index (χ1n) is 9.64. The van der Waals surface area contributed by atoms with Crippen molar-refractivity contribution >= 4 is 43.4 Å². The maximum atomic E-state index is 13.4. The minimum absolute atomic E-state index is 0.103. The van der Waals surface area contributed by atoms with E-state index < -0.39 is 5.56 Å². The Morgan fingerprint density at radius 2 is 1.74 bits per heavy atom. The number of aryl methyl sites for hydroxylation is 1. The van der Waals surface area contributed by atoms with Crippen LogP contribution in [0, 0.1) is 6.92 Å². The number of hydrogen-bond donors (Lipinski definition) is 3. The molecule has 31 heavy (non-hydrogen) atoms. The van der Waals surface area contributed by atoms with Gasteiger partial charge in [0.05, 0.1) is 21.5 Å². The van der Waals surface area contributed by atoms with E-state index in [4.69, 9.17) is 0 Å². The van der Waals surface area contributed by atoms with Gasteiger partial charge in [0.25, 0.3) is 11.5 Å². The van der Waals surface area contributed by atoms with Crippen molar-refractivity contribution in [2.24, 2.45) is 0 Å². The van der Waals surface area contributed by atoms with Gasteiger partial charge in [-0.2, -0.15) is 0 Å². The molecule has 0 bridgehead atoms. The molecule has 0 aliphatic heterocycles. The molecule has 3 heterocycles. The van der Waals surface area contributed by atoms with E-state index in [1.54, 1.807) is 6.92 Å². The number of aromatic hydroxyl groups is 1. The second-order valence-electron chi connectivity index (χ2n) is 7.14. The van der Waals surface area contributed by atoms with Gasteiger partial charge in [0.2, 0.25) is 0 Å². The summed E-state index contributed by atoms with van der Waals surface area (Å²) in [4.78, 5) is 33.6. The molecule has 3 N–H and O–H groups in total. The Kier molecular flexibility index (Phi) is 4.52. The average molecular weight is 427 g/mol. The summed E-state index contributed by atoms with van der Waals surface area (Å²) in [5.41, 5.74) is 3.21. The second kappa shape index (κ2) is 7.37. The third kappa shape index (κ3) is 3.25. The predicted octanol–water partition coefficient (Wildman–Crippen LogP) is 5.07. The van der Waals surface area contributed by atoms with Crippen molar-refractivity contribution in [2.75, 3.05) is 5.32 Å². The third-order valence-corrected chi connectivity index (χ3v) is 6.20. The first-order chi connectivity index (χ1) is 15.0. The Morgan fingerprint density at radius 1 is 1.06 bits per heavy atom. The van der Waals surface area contributed by atoms with Crippen LogP contribution in [0.15, 0.2) is 71.5 Å². The number of amides is 1. The molecule has 152 valence electrons. The summed E-state index contributed by atoms with van der Waals surface area (Å²) in [6.07, 6.45) is 0. The maximum Gasteiger partial charge on any atom is 0.258 e. The van der Waals surface area contributed by atoms with E-state index in [1.165, 1.54) is 11.3 Å². The Morgan fingerprint density at radius 3 is 2.45 bits per heavy atom. The van der Waals surface area contributed by atoms with E-state index in [2.05, 4.69) is 15.3 Å². The van der Waals surface area contributed by atoms with Crippen LogP contribution in [0.5, 0.6) is 5.75 Å². The number of nitrogens with one attached hydrogen (secondary N) is 2. The SMILES string of the molecule is Cc1nc2sc3c(O)cc(=O)[nH]c3c2c(-c2ccccc2)c1C(=O)Nc1ccccc1. The Labute approximate surface area is 180 Å². The molecule has 0 aliphatic carbocycles. The largest absolute Gasteiger partial charge is 0.506 e. The minimum atomic E-state index is -0.417. The maximum absolute atomic E-state index is 13.4. The van der Waals surface area contributed by atoms with Crippen molar-refractivity contribution in [2.45, 2.75) is 6.92 Å². The van der Waals surface area contributed by atoms with Crippen LogP contribution in [0.4, 0.5) is 5.69 Å². The number of H-pyrrole nitrogens is 1. The molecule has 1 amide bonds. The van der Waals surface area contributed by atoms with Crippen LogP contribution in [0.3, 0.4) is 0 Å². The van der Waals surface area contributed by atoms with E-state index in [0.717, 1.165) is 11.6 Å². The summed E-state index contributed by atoms with van der Waals surface area (Å²) in [7, 11) is 0. The number of aromatic nitrogens is 2. The van der Waals surface area contributed by atoms with Gasteiger partial charge in [-0.1, -0.05) is 48.5 Å². The van der Waals surface area contributed by atoms with Crippen LogP contribution < -0.4 is 10.9 Å². The number of rotatable bonds is 3. The lowest BCUT2D eigenvalue weighted by Gasteiger charge is -2.14. The quantitative estimate of drug-likeness (QED) is 0.375. The molecule has 5 aromatic rings. The van der Waals surface area contributed by atoms with E-state index in [-0.39, 0.29) is 11.7 Å². The van der Waals surface area contributed by atoms with Gasteiger partial charge in [-0.25, -0.2) is 4.98 Å². The highest BCUT2D eigenvalue weighted by Crippen LogP contribution is 2.43. The molecule has 0 unspecified atom stereocenters. The fourth-order valence-corrected chi connectivity index (χ4v) is 4.88. The number of anilines is 1. The summed E-state index contributed by atoms with van der Waals surface area (Å²) >= 11 is 1.28. The fraction of sp³-hybridized carbons (Fsp3) is 0.0417. The Balaban J connectivity index is 1.86. The van der Waals surface area contributed by atoms with Crippen LogP contribution in [0.25, 0.3) is 31.6 Å². The minimum Gasteiger partial charge on any atom is -0.506 e. The van der Waals surface area contributed by atoms with Gasteiger partial charge in [0, 0.05) is 22.7 Å². The standard InChI is InChI=1S/C24H17N3O3S/c1-13-18(23(30)26-15-10-6-3-7-11-15)19(14-8-4-2-5-9-14)20-21-22(31-24(20)25-13)16(28)12-17(29)27-21/h2-12H,1H3,(H,26,30)(H2,27,28,29). The van der Waals surface area contributed by atoms with Gasteiger partial charge in [0.15, 0.2) is 0 Å². The normalized spacial score (nSPS) is 11.1. The van der Waals surface area contributed by atoms with E-state index in [9.17, 15) is 14.7 Å². The van der Waals surface area contributed by atoms with Gasteiger partial charge >= 0.3 is 0 Å². The first-order valence-corrected chi connectivity index (χ1v) is 10.5. The molecule has 0 atom stereocenters. The molecule has 0 saturated heterocycles. The van der Waals surface area contributed by atoms with Crippen LogP contribution in [-0.4, -0.2) is 21.0 Å². The predicted molar refractivity (Wildman–Crippen MR) is 124 cm³/mol. The third-order valence-electron chi connectivity index (χ3n) is 5.09. The highest BCUT2D eigenvalue weighted by Gasteiger charge is 2.24. The van der Waals surface area contributed by atoms with Crippen LogP contribution >= 0.6 is 11.3 Å². The topological polar surface area (TPSA) is 95.1 Å². The van der Waals surface area contributed by atoms with Crippen molar-refractivity contribution in [1.82, 2.24) is 9.97 Å². The zero-order valence-corrected chi connectivity index (χ0v) is 17.3. The van der Waals surface area contributed by atoms with Crippen molar-refractivity contribution < 1.29 is 9.90 Å². The molecular weight excluding hydrogens is 410 g/mol. The Hall–Kier alpha value is -3.97. The fourth-order valence-electron chi connectivity index (χ4n) is 3.78. The molecule has 0 saturated carbocycles. The van der Waals surface area contributed by atoms with Crippen molar-refractivity contribution in [1.29, 1.82) is 0 Å². The highest BCUT2D eigenvalue weighted by atomic mass is 32.1. The van der Waals surface area contributed by atoms with Crippen molar-refractivity contribution in [3.8, 4) is 16.9 Å². The lowest BCUT2D eigenvalue weighted by atomic mass is 9.95. The van der Waals surface area contributed by atoms with E-state index in [1.807, 2.05) is 60.7 Å². The van der Waals surface area contributed by atoms with Gasteiger partial charge in [-0.3, -0.25) is 9.59 Å². The number of pyridine rings is 2. The van der Waals surface area contributed by atoms with Gasteiger partial charge < -0.3 is 15.4 Å². The molecule has 0 aliphatic rings. The number of benzene rings is 2. The molecule has 2 aromatic carbocycles. The van der Waals surface area contributed by atoms with Crippen LogP contribution in [-0.2, 0) is 0 Å². The number of thiophene rings is 1. The summed E-state index contributed by atoms with van der Waals surface area (Å²) < 4.78 is 0.527. The summed E-state index contributed by atoms with van der Waals surface area (Å²) in [5.74, 6) is -0.396. The second-order valence-corrected chi connectivity index (χ2v) is 8.14. The first kappa shape index (κ1) is 19.0.